The quantitative estimate of drug-likeness (QED) is 0.00822. The van der Waals surface area contributed by atoms with Crippen LogP contribution < -0.4 is 20.1 Å². The van der Waals surface area contributed by atoms with E-state index in [-0.39, 0.29) is 80.4 Å². The van der Waals surface area contributed by atoms with E-state index in [9.17, 15) is 39.8 Å². The maximum atomic E-state index is 15.6. The second-order valence-electron chi connectivity index (χ2n) is 26.4. The predicted octanol–water partition coefficient (Wildman–Crippen LogP) is 11.8. The Kier molecular flexibility index (Phi) is 24.2. The maximum Gasteiger partial charge on any atom is 0.475 e. The van der Waals surface area contributed by atoms with Gasteiger partial charge in [-0.05, 0) is 139 Å². The highest BCUT2D eigenvalue weighted by molar-refractivity contribution is 7.48. The van der Waals surface area contributed by atoms with Gasteiger partial charge in [-0.3, -0.25) is 32.6 Å². The molecule has 4 aliphatic rings. The van der Waals surface area contributed by atoms with Crippen LogP contribution in [-0.4, -0.2) is 147 Å². The molecule has 2 aromatic heterocycles. The fourth-order valence-electron chi connectivity index (χ4n) is 14.0. The molecule has 1 saturated carbocycles. The van der Waals surface area contributed by atoms with E-state index in [1.54, 1.807) is 37.8 Å². The molecule has 2 aliphatic heterocycles. The zero-order chi connectivity index (χ0) is 72.9. The summed E-state index contributed by atoms with van der Waals surface area (Å²) in [6, 6.07) is 48.9. The van der Waals surface area contributed by atoms with Gasteiger partial charge in [0.15, 0.2) is 29.5 Å². The van der Waals surface area contributed by atoms with Crippen LogP contribution in [0.15, 0.2) is 176 Å². The first-order valence-electron chi connectivity index (χ1n) is 34.9. The molecule has 0 radical (unpaired) electrons. The third kappa shape index (κ3) is 17.3. The van der Waals surface area contributed by atoms with Gasteiger partial charge >= 0.3 is 19.8 Å². The highest BCUT2D eigenvalue weighted by atomic mass is 31.2. The number of fused-ring (bicyclic) bond motifs is 4. The van der Waals surface area contributed by atoms with E-state index in [4.69, 9.17) is 47.0 Å². The van der Waals surface area contributed by atoms with Gasteiger partial charge in [0.2, 0.25) is 0 Å². The van der Waals surface area contributed by atoms with Crippen LogP contribution in [0.1, 0.15) is 134 Å². The Morgan fingerprint density at radius 2 is 1.43 bits per heavy atom. The Balaban J connectivity index is 0.762. The average Bonchev–Trinajstić information content (AvgIpc) is 0.888. The maximum absolute atomic E-state index is 15.6. The second kappa shape index (κ2) is 33.9. The summed E-state index contributed by atoms with van der Waals surface area (Å²) in [5, 5.41) is 47.3. The first kappa shape index (κ1) is 74.2. The Morgan fingerprint density at radius 3 is 2.10 bits per heavy atom. The molecular weight excluding hydrogens is 1350 g/mol. The number of methoxy groups -OCH3 is 2. The molecule has 2 aliphatic carbocycles. The zero-order valence-corrected chi connectivity index (χ0v) is 59.1. The van der Waals surface area contributed by atoms with Crippen molar-refractivity contribution < 1.29 is 81.1 Å². The van der Waals surface area contributed by atoms with E-state index in [0.29, 0.717) is 72.5 Å². The number of hydrogen-bond donors (Lipinski definition) is 5. The molecule has 10 atom stereocenters. The molecular formula is C78H85N8O17P. The molecule has 2 fully saturated rings. The lowest BCUT2D eigenvalue weighted by molar-refractivity contribution is -0.152. The zero-order valence-electron chi connectivity index (χ0n) is 58.2. The SMILES string of the molecule is COc1ccc(C(OCC2OC(n3cnc4c(NC(=O)c5ccc(CCC(O)CCCC(O)OCC6c7ccccc7-c7ccccc76)cc5)ncnc43)CC2OP(=O)(OCCC#N)OCC2CC(N3C=C(C)C(O)NC3=O)CC2OC(=O)CCC(C)=O)(c2ccccc2)c2ccc(OC)cc2)cc1. The molecule has 25 nitrogen and oxygen atoms in total. The third-order valence-electron chi connectivity index (χ3n) is 19.5. The smallest absolute Gasteiger partial charge is 0.475 e. The summed E-state index contributed by atoms with van der Waals surface area (Å²) in [5.41, 5.74) is 7.64. The van der Waals surface area contributed by atoms with Crippen molar-refractivity contribution in [1.29, 1.82) is 5.26 Å². The first-order valence-corrected chi connectivity index (χ1v) is 36.3. The second-order valence-corrected chi connectivity index (χ2v) is 28.0. The molecule has 5 N–H and O–H groups in total. The number of phosphoric ester groups is 1. The average molecular weight is 1440 g/mol. The Bertz CT molecular complexity index is 4330. The number of carbonyl (C=O) groups excluding carboxylic acids is 4. The molecule has 12 rings (SSSR count). The van der Waals surface area contributed by atoms with Crippen molar-refractivity contribution >= 4 is 48.5 Å². The number of nitriles is 1. The molecule has 0 spiro atoms. The number of hydrogen-bond acceptors (Lipinski definition) is 21. The fourth-order valence-corrected chi connectivity index (χ4v) is 15.4. The number of aliphatic hydroxyl groups excluding tert-OH is 3. The third-order valence-corrected chi connectivity index (χ3v) is 21.0. The number of ketones is 1. The van der Waals surface area contributed by atoms with Crippen LogP contribution in [0.2, 0.25) is 0 Å². The molecule has 10 unspecified atom stereocenters. The number of urea groups is 1. The number of aliphatic hydroxyl groups is 3. The molecule has 4 heterocycles. The van der Waals surface area contributed by atoms with Crippen molar-refractivity contribution in [2.24, 2.45) is 5.92 Å². The number of Topliss-reactive ketones (excluding diaryl/α,β-unsaturated/α-hetero) is 1. The number of carbonyl (C=O) groups is 4. The van der Waals surface area contributed by atoms with Crippen LogP contribution in [0.5, 0.6) is 11.5 Å². The van der Waals surface area contributed by atoms with Gasteiger partial charge in [-0.1, -0.05) is 115 Å². The Morgan fingerprint density at radius 1 is 0.769 bits per heavy atom. The molecule has 3 amide bonds. The summed E-state index contributed by atoms with van der Waals surface area (Å²) in [7, 11) is -1.67. The number of ether oxygens (including phenoxy) is 6. The first-order chi connectivity index (χ1) is 50.4. The van der Waals surface area contributed by atoms with Crippen molar-refractivity contribution in [3.8, 4) is 28.7 Å². The van der Waals surface area contributed by atoms with E-state index in [1.807, 2.05) is 121 Å². The minimum Gasteiger partial charge on any atom is -0.497 e. The summed E-state index contributed by atoms with van der Waals surface area (Å²) in [4.78, 5) is 67.7. The van der Waals surface area contributed by atoms with Crippen LogP contribution in [0, 0.1) is 17.2 Å². The van der Waals surface area contributed by atoms with Gasteiger partial charge in [0, 0.05) is 48.9 Å². The summed E-state index contributed by atoms with van der Waals surface area (Å²) >= 11 is 0. The number of imidazole rings is 1. The van der Waals surface area contributed by atoms with E-state index in [1.165, 1.54) is 52.9 Å². The van der Waals surface area contributed by atoms with Gasteiger partial charge in [-0.2, -0.15) is 5.26 Å². The van der Waals surface area contributed by atoms with Crippen molar-refractivity contribution in [2.75, 3.05) is 46.0 Å². The summed E-state index contributed by atoms with van der Waals surface area (Å²) in [5.74, 6) is -0.767. The van der Waals surface area contributed by atoms with Gasteiger partial charge in [-0.25, -0.2) is 24.3 Å². The Hall–Kier alpha value is -9.55. The summed E-state index contributed by atoms with van der Waals surface area (Å²) in [6.07, 6.45) is -0.563. The summed E-state index contributed by atoms with van der Waals surface area (Å²) < 4.78 is 73.7. The molecule has 8 aromatic rings. The number of benzene rings is 6. The van der Waals surface area contributed by atoms with E-state index in [0.717, 1.165) is 11.1 Å². The number of rotatable bonds is 34. The lowest BCUT2D eigenvalue weighted by Gasteiger charge is -2.37. The largest absolute Gasteiger partial charge is 0.497 e. The number of anilines is 1. The number of aryl methyl sites for hydroxylation is 1. The number of nitrogens with one attached hydrogen (secondary N) is 2. The lowest BCUT2D eigenvalue weighted by Crippen LogP contribution is -2.50. The molecule has 0 bridgehead atoms. The normalized spacial score (nSPS) is 20.5. The highest BCUT2D eigenvalue weighted by Gasteiger charge is 2.49. The van der Waals surface area contributed by atoms with Crippen LogP contribution in [-0.2, 0) is 58.7 Å². The van der Waals surface area contributed by atoms with Crippen molar-refractivity contribution in [2.45, 2.75) is 145 Å². The number of aromatic nitrogens is 4. The van der Waals surface area contributed by atoms with Crippen molar-refractivity contribution in [1.82, 2.24) is 29.7 Å². The number of phosphoric acid groups is 1. The van der Waals surface area contributed by atoms with Gasteiger partial charge in [0.25, 0.3) is 5.91 Å². The minimum absolute atomic E-state index is 0.0283. The van der Waals surface area contributed by atoms with Gasteiger partial charge in [-0.15, -0.1) is 0 Å². The Labute approximate surface area is 602 Å². The van der Waals surface area contributed by atoms with Crippen LogP contribution >= 0.6 is 7.82 Å². The monoisotopic (exact) mass is 1440 g/mol. The molecule has 26 heteroatoms. The van der Waals surface area contributed by atoms with Crippen LogP contribution in [0.25, 0.3) is 22.3 Å². The predicted molar refractivity (Wildman–Crippen MR) is 381 cm³/mol. The molecule has 104 heavy (non-hydrogen) atoms. The van der Waals surface area contributed by atoms with E-state index >= 15 is 4.57 Å². The molecule has 6 aromatic carbocycles. The van der Waals surface area contributed by atoms with Gasteiger partial charge < -0.3 is 59.2 Å². The molecule has 544 valence electrons. The number of esters is 1. The van der Waals surface area contributed by atoms with E-state index < -0.39 is 93.1 Å². The van der Waals surface area contributed by atoms with Gasteiger partial charge in [0.05, 0.1) is 72.0 Å². The van der Waals surface area contributed by atoms with E-state index in [2.05, 4.69) is 44.9 Å². The fraction of sp³-hybridized carbons (Fsp3) is 0.385. The molecule has 1 saturated heterocycles. The summed E-state index contributed by atoms with van der Waals surface area (Å²) in [6.45, 7) is 2.31. The van der Waals surface area contributed by atoms with Crippen molar-refractivity contribution in [3.63, 3.8) is 0 Å². The highest BCUT2D eigenvalue weighted by Crippen LogP contribution is 2.55. The van der Waals surface area contributed by atoms with Crippen LogP contribution in [0.3, 0.4) is 0 Å². The number of nitrogens with zero attached hydrogens (tertiary/aromatic N) is 6. The topological polar surface area (TPSA) is 324 Å². The minimum atomic E-state index is -4.81. The number of amides is 3. The van der Waals surface area contributed by atoms with Crippen molar-refractivity contribution in [3.05, 3.63) is 215 Å². The van der Waals surface area contributed by atoms with Gasteiger partial charge in [0.1, 0.15) is 53.8 Å². The lowest BCUT2D eigenvalue weighted by atomic mass is 9.80. The van der Waals surface area contributed by atoms with Crippen LogP contribution in [0.4, 0.5) is 10.6 Å². The standard InChI is InChI=1S/C78H85N8O17P/c1-49-43-85(77(93)84-75(49)91)57-40-53(66(41-57)102-71(90)37-22-50(2)87)44-100-104(94,99-39-13-38-79)103-67-42-69(101-68(67)46-98-78(54-14-6-5-7-15-54,55-28-33-59(95-3)34-29-55)56-30-35-60(96-4)36-31-56)86-48-82-72-73(80-47-81-74(72)86)83-76(92)52-26-23-51(24-27-52)25-32-58(88)16-12-21-70(89)97-45-65-63-19-10-8-17-61(63)62-18-9-11-20-64(62)65/h5-11,14-15,17-20,23-24,26-31,33-36,43,47-48,53,57-58,65-70,75,88-89,91H,12-13,16,21-22,25,32,37,39-42,44-46H2,1-4H3,(H,84,93)(H,80,81,83,92).